The van der Waals surface area contributed by atoms with Crippen molar-refractivity contribution in [3.05, 3.63) is 28.2 Å². The zero-order chi connectivity index (χ0) is 11.3. The van der Waals surface area contributed by atoms with Crippen LogP contribution in [0.15, 0.2) is 22.7 Å². The molecule has 2 amide bonds. The molecule has 4 nitrogen and oxygen atoms in total. The molecular weight excluding hydrogens is 258 g/mol. The van der Waals surface area contributed by atoms with Gasteiger partial charge in [0.05, 0.1) is 0 Å². The zero-order valence-electron chi connectivity index (χ0n) is 8.51. The summed E-state index contributed by atoms with van der Waals surface area (Å²) in [6, 6.07) is 5.44. The first kappa shape index (κ1) is 12.0. The number of carbonyl (C=O) groups excluding carboxylic acids is 1. The molecule has 0 aliphatic carbocycles. The Morgan fingerprint density at radius 2 is 2.27 bits per heavy atom. The van der Waals surface area contributed by atoms with E-state index in [-0.39, 0.29) is 6.03 Å². The minimum atomic E-state index is -0.231. The Labute approximate surface area is 97.4 Å². The van der Waals surface area contributed by atoms with Crippen LogP contribution in [0.4, 0.5) is 10.5 Å². The number of rotatable bonds is 3. The fourth-order valence-electron chi connectivity index (χ4n) is 1.12. The Bertz CT molecular complexity index is 355. The van der Waals surface area contributed by atoms with Gasteiger partial charge in [0.25, 0.3) is 0 Å². The van der Waals surface area contributed by atoms with E-state index in [1.807, 2.05) is 25.1 Å². The van der Waals surface area contributed by atoms with Crippen LogP contribution in [-0.2, 0) is 0 Å². The Kier molecular flexibility index (Phi) is 4.58. The first-order chi connectivity index (χ1) is 7.13. The summed E-state index contributed by atoms with van der Waals surface area (Å²) in [6.07, 6.45) is 0. The first-order valence-electron chi connectivity index (χ1n) is 4.64. The summed E-state index contributed by atoms with van der Waals surface area (Å²) in [4.78, 5) is 11.3. The van der Waals surface area contributed by atoms with E-state index in [2.05, 4.69) is 26.6 Å². The number of hydrogen-bond donors (Lipinski definition) is 3. The number of nitrogens with one attached hydrogen (secondary N) is 2. The summed E-state index contributed by atoms with van der Waals surface area (Å²) in [7, 11) is 0. The summed E-state index contributed by atoms with van der Waals surface area (Å²) < 4.78 is 0.993. The van der Waals surface area contributed by atoms with Crippen molar-refractivity contribution in [1.29, 1.82) is 0 Å². The Hall–Kier alpha value is -1.07. The van der Waals surface area contributed by atoms with Crippen LogP contribution in [0.1, 0.15) is 5.56 Å². The number of halogens is 1. The second kappa shape index (κ2) is 5.72. The minimum absolute atomic E-state index is 0.231. The van der Waals surface area contributed by atoms with Crippen molar-refractivity contribution in [2.24, 2.45) is 5.73 Å². The molecule has 0 radical (unpaired) electrons. The molecule has 0 saturated heterocycles. The van der Waals surface area contributed by atoms with Crippen molar-refractivity contribution in [2.45, 2.75) is 6.92 Å². The molecule has 0 saturated carbocycles. The quantitative estimate of drug-likeness (QED) is 0.786. The van der Waals surface area contributed by atoms with Crippen molar-refractivity contribution in [3.8, 4) is 0 Å². The number of anilines is 1. The van der Waals surface area contributed by atoms with E-state index in [4.69, 9.17) is 5.73 Å². The summed E-state index contributed by atoms with van der Waals surface area (Å²) >= 11 is 3.36. The lowest BCUT2D eigenvalue weighted by Gasteiger charge is -2.09. The van der Waals surface area contributed by atoms with Crippen molar-refractivity contribution in [3.63, 3.8) is 0 Å². The van der Waals surface area contributed by atoms with Crippen LogP contribution in [0.25, 0.3) is 0 Å². The fourth-order valence-corrected chi connectivity index (χ4v) is 1.60. The highest BCUT2D eigenvalue weighted by molar-refractivity contribution is 9.10. The molecule has 0 aliphatic heterocycles. The van der Waals surface area contributed by atoms with Crippen LogP contribution in [0, 0.1) is 6.92 Å². The van der Waals surface area contributed by atoms with Crippen LogP contribution in [-0.4, -0.2) is 19.1 Å². The average Bonchev–Trinajstić information content (AvgIpc) is 2.19. The number of nitrogens with two attached hydrogens (primary N) is 1. The van der Waals surface area contributed by atoms with E-state index in [0.717, 1.165) is 15.7 Å². The van der Waals surface area contributed by atoms with Gasteiger partial charge in [0, 0.05) is 23.2 Å². The average molecular weight is 272 g/mol. The molecule has 0 aromatic heterocycles. The normalized spacial score (nSPS) is 9.80. The van der Waals surface area contributed by atoms with Crippen molar-refractivity contribution in [2.75, 3.05) is 18.4 Å². The maximum absolute atomic E-state index is 11.3. The molecule has 1 aromatic rings. The SMILES string of the molecule is Cc1cc(Br)ccc1NC(=O)NCCN. The predicted octanol–water partition coefficient (Wildman–Crippen LogP) is 1.84. The Morgan fingerprint density at radius 1 is 1.53 bits per heavy atom. The van der Waals surface area contributed by atoms with Gasteiger partial charge in [-0.1, -0.05) is 15.9 Å². The molecule has 82 valence electrons. The third-order valence-corrected chi connectivity index (χ3v) is 2.36. The van der Waals surface area contributed by atoms with Crippen LogP contribution >= 0.6 is 15.9 Å². The van der Waals surface area contributed by atoms with E-state index in [1.165, 1.54) is 0 Å². The number of benzene rings is 1. The fraction of sp³-hybridized carbons (Fsp3) is 0.300. The molecule has 5 heteroatoms. The third kappa shape index (κ3) is 3.89. The molecule has 0 bridgehead atoms. The number of aryl methyl sites for hydroxylation is 1. The third-order valence-electron chi connectivity index (χ3n) is 1.87. The van der Waals surface area contributed by atoms with E-state index in [1.54, 1.807) is 0 Å². The maximum Gasteiger partial charge on any atom is 0.319 e. The first-order valence-corrected chi connectivity index (χ1v) is 5.44. The maximum atomic E-state index is 11.3. The summed E-state index contributed by atoms with van der Waals surface area (Å²) in [5, 5.41) is 5.38. The van der Waals surface area contributed by atoms with E-state index in [9.17, 15) is 4.79 Å². The van der Waals surface area contributed by atoms with E-state index >= 15 is 0 Å². The highest BCUT2D eigenvalue weighted by Crippen LogP contribution is 2.19. The van der Waals surface area contributed by atoms with Gasteiger partial charge in [-0.3, -0.25) is 0 Å². The van der Waals surface area contributed by atoms with Gasteiger partial charge in [0.15, 0.2) is 0 Å². The molecule has 0 spiro atoms. The van der Waals surface area contributed by atoms with Gasteiger partial charge in [-0.05, 0) is 30.7 Å². The highest BCUT2D eigenvalue weighted by atomic mass is 79.9. The molecular formula is C10H14BrN3O. The molecule has 1 rings (SSSR count). The summed E-state index contributed by atoms with van der Waals surface area (Å²) in [5.74, 6) is 0. The molecule has 4 N–H and O–H groups in total. The molecule has 0 heterocycles. The molecule has 0 unspecified atom stereocenters. The van der Waals surface area contributed by atoms with Gasteiger partial charge in [-0.15, -0.1) is 0 Å². The van der Waals surface area contributed by atoms with Crippen LogP contribution in [0.3, 0.4) is 0 Å². The molecule has 0 fully saturated rings. The monoisotopic (exact) mass is 271 g/mol. The largest absolute Gasteiger partial charge is 0.337 e. The molecule has 15 heavy (non-hydrogen) atoms. The van der Waals surface area contributed by atoms with Gasteiger partial charge >= 0.3 is 6.03 Å². The topological polar surface area (TPSA) is 67.2 Å². The smallest absolute Gasteiger partial charge is 0.319 e. The lowest BCUT2D eigenvalue weighted by atomic mass is 10.2. The van der Waals surface area contributed by atoms with Gasteiger partial charge in [-0.25, -0.2) is 4.79 Å². The predicted molar refractivity (Wildman–Crippen MR) is 65.0 cm³/mol. The molecule has 0 atom stereocenters. The lowest BCUT2D eigenvalue weighted by Crippen LogP contribution is -2.33. The van der Waals surface area contributed by atoms with Crippen molar-refractivity contribution in [1.82, 2.24) is 5.32 Å². The number of hydrogen-bond acceptors (Lipinski definition) is 2. The number of urea groups is 1. The van der Waals surface area contributed by atoms with Crippen LogP contribution in [0.5, 0.6) is 0 Å². The molecule has 1 aromatic carbocycles. The van der Waals surface area contributed by atoms with Crippen molar-refractivity contribution < 1.29 is 4.79 Å². The second-order valence-electron chi connectivity index (χ2n) is 3.13. The Balaban J connectivity index is 2.60. The zero-order valence-corrected chi connectivity index (χ0v) is 10.1. The van der Waals surface area contributed by atoms with Crippen LogP contribution in [0.2, 0.25) is 0 Å². The minimum Gasteiger partial charge on any atom is -0.337 e. The summed E-state index contributed by atoms with van der Waals surface area (Å²) in [6.45, 7) is 2.84. The number of amides is 2. The van der Waals surface area contributed by atoms with Crippen molar-refractivity contribution >= 4 is 27.6 Å². The van der Waals surface area contributed by atoms with Gasteiger partial charge in [0.2, 0.25) is 0 Å². The number of carbonyl (C=O) groups is 1. The van der Waals surface area contributed by atoms with E-state index < -0.39 is 0 Å². The van der Waals surface area contributed by atoms with Crippen LogP contribution < -0.4 is 16.4 Å². The lowest BCUT2D eigenvalue weighted by molar-refractivity contribution is 0.252. The highest BCUT2D eigenvalue weighted by Gasteiger charge is 2.03. The van der Waals surface area contributed by atoms with Gasteiger partial charge in [0.1, 0.15) is 0 Å². The second-order valence-corrected chi connectivity index (χ2v) is 4.04. The Morgan fingerprint density at radius 3 is 2.87 bits per heavy atom. The van der Waals surface area contributed by atoms with Gasteiger partial charge < -0.3 is 16.4 Å². The van der Waals surface area contributed by atoms with E-state index in [0.29, 0.717) is 13.1 Å². The summed E-state index contributed by atoms with van der Waals surface area (Å²) in [5.41, 5.74) is 7.08. The van der Waals surface area contributed by atoms with Gasteiger partial charge in [-0.2, -0.15) is 0 Å². The molecule has 0 aliphatic rings. The standard InChI is InChI=1S/C10H14BrN3O/c1-7-6-8(11)2-3-9(7)14-10(15)13-5-4-12/h2-3,6H,4-5,12H2,1H3,(H2,13,14,15).